The van der Waals surface area contributed by atoms with Gasteiger partial charge >= 0.3 is 0 Å². The van der Waals surface area contributed by atoms with Gasteiger partial charge in [-0.2, -0.15) is 0 Å². The highest BCUT2D eigenvalue weighted by molar-refractivity contribution is 5.94. The Balaban J connectivity index is 1.21. The molecule has 0 bridgehead atoms. The van der Waals surface area contributed by atoms with Crippen LogP contribution in [-0.2, 0) is 4.79 Å². The van der Waals surface area contributed by atoms with Crippen molar-refractivity contribution in [3.63, 3.8) is 0 Å². The molecule has 0 radical (unpaired) electrons. The van der Waals surface area contributed by atoms with Crippen molar-refractivity contribution in [3.8, 4) is 0 Å². The lowest BCUT2D eigenvalue weighted by Crippen LogP contribution is -2.58. The van der Waals surface area contributed by atoms with Crippen molar-refractivity contribution in [2.24, 2.45) is 52.1 Å². The van der Waals surface area contributed by atoms with E-state index in [-0.39, 0.29) is 28.9 Å². The van der Waals surface area contributed by atoms with E-state index in [1.165, 1.54) is 25.7 Å². The number of anilines is 1. The standard InChI is InChI=1S/C31H46N2O4/c1-18(4-11-27(36)33-21-7-5-19(6-8-21)29(32)37)23-9-10-24-28-25(13-15-31(23,24)3)30(2)14-12-22(34)16-20(30)17-26(28)35/h5-8,18,20,22-26,28,34-35H,4,9-17H2,1-3H3,(H2,32,37)(H,33,36). The lowest BCUT2D eigenvalue weighted by Gasteiger charge is -2.62. The lowest BCUT2D eigenvalue weighted by atomic mass is 9.43. The van der Waals surface area contributed by atoms with Gasteiger partial charge in [-0.05, 0) is 128 Å². The van der Waals surface area contributed by atoms with Crippen LogP contribution >= 0.6 is 0 Å². The fraction of sp³-hybridized carbons (Fsp3) is 0.742. The fourth-order valence-electron chi connectivity index (χ4n) is 9.68. The Labute approximate surface area is 221 Å². The molecular formula is C31H46N2O4. The molecule has 4 fully saturated rings. The predicted molar refractivity (Wildman–Crippen MR) is 145 cm³/mol. The largest absolute Gasteiger partial charge is 0.393 e. The third-order valence-corrected chi connectivity index (χ3v) is 11.7. The van der Waals surface area contributed by atoms with Gasteiger partial charge in [-0.25, -0.2) is 0 Å². The van der Waals surface area contributed by atoms with Crippen LogP contribution in [0.1, 0.15) is 95.3 Å². The number of rotatable bonds is 6. The number of amides is 2. The molecule has 0 saturated heterocycles. The second-order valence-electron chi connectivity index (χ2n) is 13.5. The summed E-state index contributed by atoms with van der Waals surface area (Å²) in [4.78, 5) is 23.9. The molecular weight excluding hydrogens is 464 g/mol. The van der Waals surface area contributed by atoms with Crippen LogP contribution in [0, 0.1) is 46.3 Å². The quantitative estimate of drug-likeness (QED) is 0.425. The maximum atomic E-state index is 12.7. The Morgan fingerprint density at radius 2 is 1.68 bits per heavy atom. The van der Waals surface area contributed by atoms with E-state index >= 15 is 0 Å². The molecule has 6 nitrogen and oxygen atoms in total. The van der Waals surface area contributed by atoms with Gasteiger partial charge in [0.2, 0.25) is 11.8 Å². The Morgan fingerprint density at radius 3 is 2.38 bits per heavy atom. The number of fused-ring (bicyclic) bond motifs is 5. The molecule has 1 aromatic rings. The molecule has 6 heteroatoms. The Bertz CT molecular complexity index is 1010. The molecule has 1 aromatic carbocycles. The highest BCUT2D eigenvalue weighted by Crippen LogP contribution is 2.68. The number of hydrogen-bond donors (Lipinski definition) is 4. The van der Waals surface area contributed by atoms with Gasteiger partial charge in [0.1, 0.15) is 0 Å². The number of aliphatic hydroxyl groups excluding tert-OH is 2. The molecule has 0 spiro atoms. The molecule has 0 aliphatic heterocycles. The molecule has 5 rings (SSSR count). The average molecular weight is 511 g/mol. The zero-order valence-corrected chi connectivity index (χ0v) is 22.8. The average Bonchev–Trinajstić information content (AvgIpc) is 3.21. The summed E-state index contributed by atoms with van der Waals surface area (Å²) < 4.78 is 0. The van der Waals surface area contributed by atoms with Gasteiger partial charge in [-0.1, -0.05) is 20.8 Å². The summed E-state index contributed by atoms with van der Waals surface area (Å²) in [6.07, 6.45) is 9.36. The van der Waals surface area contributed by atoms with Crippen molar-refractivity contribution in [1.29, 1.82) is 0 Å². The summed E-state index contributed by atoms with van der Waals surface area (Å²) in [5, 5.41) is 24.7. The zero-order chi connectivity index (χ0) is 26.5. The minimum absolute atomic E-state index is 0.00300. The van der Waals surface area contributed by atoms with Gasteiger partial charge in [-0.3, -0.25) is 9.59 Å². The lowest BCUT2D eigenvalue weighted by molar-refractivity contribution is -0.174. The van der Waals surface area contributed by atoms with E-state index in [1.807, 2.05) is 0 Å². The highest BCUT2D eigenvalue weighted by atomic mass is 16.3. The van der Waals surface area contributed by atoms with E-state index in [0.717, 1.165) is 32.1 Å². The van der Waals surface area contributed by atoms with Crippen LogP contribution < -0.4 is 11.1 Å². The van der Waals surface area contributed by atoms with Crippen LogP contribution in [0.3, 0.4) is 0 Å². The first kappa shape index (κ1) is 26.7. The van der Waals surface area contributed by atoms with Gasteiger partial charge < -0.3 is 21.3 Å². The molecule has 204 valence electrons. The number of carbonyl (C=O) groups excluding carboxylic acids is 2. The molecule has 0 aromatic heterocycles. The number of carbonyl (C=O) groups is 2. The van der Waals surface area contributed by atoms with Gasteiger partial charge in [0.25, 0.3) is 0 Å². The predicted octanol–water partition coefficient (Wildman–Crippen LogP) is 5.13. The van der Waals surface area contributed by atoms with Gasteiger partial charge in [0, 0.05) is 17.7 Å². The SMILES string of the molecule is CC(CCC(=O)Nc1ccc(C(N)=O)cc1)C1CCC2C3C(O)CC4CC(O)CCC4(C)C3CCC12C. The molecule has 2 amide bonds. The maximum Gasteiger partial charge on any atom is 0.248 e. The number of hydrogen-bond acceptors (Lipinski definition) is 4. The fourth-order valence-corrected chi connectivity index (χ4v) is 9.68. The van der Waals surface area contributed by atoms with Crippen LogP contribution in [0.25, 0.3) is 0 Å². The normalized spacial score (nSPS) is 41.7. The van der Waals surface area contributed by atoms with Crippen molar-refractivity contribution in [3.05, 3.63) is 29.8 Å². The number of nitrogens with one attached hydrogen (secondary N) is 1. The smallest absolute Gasteiger partial charge is 0.248 e. The summed E-state index contributed by atoms with van der Waals surface area (Å²) in [6.45, 7) is 7.26. The Kier molecular flexibility index (Phi) is 7.21. The summed E-state index contributed by atoms with van der Waals surface area (Å²) in [5.74, 6) is 2.48. The zero-order valence-electron chi connectivity index (χ0n) is 22.8. The minimum atomic E-state index is -0.476. The third kappa shape index (κ3) is 4.73. The number of aliphatic hydroxyl groups is 2. The minimum Gasteiger partial charge on any atom is -0.393 e. The first-order chi connectivity index (χ1) is 17.5. The summed E-state index contributed by atoms with van der Waals surface area (Å²) in [5.41, 5.74) is 6.88. The first-order valence-corrected chi connectivity index (χ1v) is 14.6. The van der Waals surface area contributed by atoms with E-state index in [2.05, 4.69) is 26.1 Å². The second-order valence-corrected chi connectivity index (χ2v) is 13.5. The highest BCUT2D eigenvalue weighted by Gasteiger charge is 2.62. The Morgan fingerprint density at radius 1 is 1.00 bits per heavy atom. The van der Waals surface area contributed by atoms with Crippen molar-refractivity contribution in [1.82, 2.24) is 0 Å². The van der Waals surface area contributed by atoms with E-state index < -0.39 is 5.91 Å². The number of nitrogens with two attached hydrogens (primary N) is 1. The number of benzene rings is 1. The molecule has 0 heterocycles. The Hall–Kier alpha value is -1.92. The number of primary amides is 1. The van der Waals surface area contributed by atoms with Crippen LogP contribution in [0.4, 0.5) is 5.69 Å². The van der Waals surface area contributed by atoms with E-state index in [4.69, 9.17) is 5.73 Å². The van der Waals surface area contributed by atoms with Crippen LogP contribution in [0.2, 0.25) is 0 Å². The summed E-state index contributed by atoms with van der Waals surface area (Å²) in [7, 11) is 0. The van der Waals surface area contributed by atoms with Crippen LogP contribution in [-0.4, -0.2) is 34.2 Å². The van der Waals surface area contributed by atoms with Crippen LogP contribution in [0.15, 0.2) is 24.3 Å². The monoisotopic (exact) mass is 510 g/mol. The topological polar surface area (TPSA) is 113 Å². The van der Waals surface area contributed by atoms with Gasteiger partial charge in [0.15, 0.2) is 0 Å². The summed E-state index contributed by atoms with van der Waals surface area (Å²) in [6, 6.07) is 6.70. The van der Waals surface area contributed by atoms with Crippen molar-refractivity contribution >= 4 is 17.5 Å². The van der Waals surface area contributed by atoms with E-state index in [9.17, 15) is 19.8 Å². The van der Waals surface area contributed by atoms with E-state index in [1.54, 1.807) is 24.3 Å². The molecule has 4 aliphatic carbocycles. The molecule has 5 N–H and O–H groups in total. The molecule has 4 aliphatic rings. The molecule has 37 heavy (non-hydrogen) atoms. The van der Waals surface area contributed by atoms with Crippen molar-refractivity contribution in [2.45, 2.75) is 97.2 Å². The molecule has 10 atom stereocenters. The molecule has 10 unspecified atom stereocenters. The third-order valence-electron chi connectivity index (χ3n) is 11.7. The van der Waals surface area contributed by atoms with Gasteiger partial charge in [0.05, 0.1) is 12.2 Å². The maximum absolute atomic E-state index is 12.7. The molecule has 4 saturated carbocycles. The first-order valence-electron chi connectivity index (χ1n) is 14.6. The van der Waals surface area contributed by atoms with Gasteiger partial charge in [-0.15, -0.1) is 0 Å². The van der Waals surface area contributed by atoms with Crippen molar-refractivity contribution in [2.75, 3.05) is 5.32 Å². The van der Waals surface area contributed by atoms with Crippen molar-refractivity contribution < 1.29 is 19.8 Å². The summed E-state index contributed by atoms with van der Waals surface area (Å²) >= 11 is 0. The second kappa shape index (κ2) is 10.00. The van der Waals surface area contributed by atoms with E-state index in [0.29, 0.717) is 53.2 Å². The van der Waals surface area contributed by atoms with Crippen LogP contribution in [0.5, 0.6) is 0 Å².